The van der Waals surface area contributed by atoms with Crippen LogP contribution in [0.1, 0.15) is 50.2 Å². The van der Waals surface area contributed by atoms with Gasteiger partial charge in [0.1, 0.15) is 12.4 Å². The number of hydrogen-bond acceptors (Lipinski definition) is 3. The molecule has 1 aromatic carbocycles. The SMILES string of the molecule is CCCNCc1cc(Br)cc(C)c1OCC1(O)CCCC1. The molecule has 1 aliphatic carbocycles. The molecule has 0 atom stereocenters. The lowest BCUT2D eigenvalue weighted by Crippen LogP contribution is -2.32. The zero-order chi connectivity index (χ0) is 15.3. The Hall–Kier alpha value is -0.580. The van der Waals surface area contributed by atoms with E-state index < -0.39 is 5.60 Å². The Bertz CT molecular complexity index is 470. The molecule has 0 radical (unpaired) electrons. The third kappa shape index (κ3) is 4.70. The molecule has 1 fully saturated rings. The van der Waals surface area contributed by atoms with Gasteiger partial charge < -0.3 is 15.2 Å². The van der Waals surface area contributed by atoms with Crippen LogP contribution in [0.3, 0.4) is 0 Å². The van der Waals surface area contributed by atoms with Crippen LogP contribution in [0.2, 0.25) is 0 Å². The molecule has 0 bridgehead atoms. The average molecular weight is 356 g/mol. The Morgan fingerprint density at radius 3 is 2.71 bits per heavy atom. The number of ether oxygens (including phenoxy) is 1. The fraction of sp³-hybridized carbons (Fsp3) is 0.647. The van der Waals surface area contributed by atoms with E-state index in [1.54, 1.807) is 0 Å². The number of nitrogens with one attached hydrogen (secondary N) is 1. The van der Waals surface area contributed by atoms with Gasteiger partial charge in [-0.05, 0) is 50.4 Å². The van der Waals surface area contributed by atoms with Crippen molar-refractivity contribution in [3.05, 3.63) is 27.7 Å². The van der Waals surface area contributed by atoms with E-state index in [1.165, 1.54) is 0 Å². The molecule has 21 heavy (non-hydrogen) atoms. The summed E-state index contributed by atoms with van der Waals surface area (Å²) in [5, 5.41) is 13.9. The molecule has 2 N–H and O–H groups in total. The Morgan fingerprint density at radius 1 is 1.33 bits per heavy atom. The number of aryl methyl sites for hydroxylation is 1. The second kappa shape index (κ2) is 7.61. The summed E-state index contributed by atoms with van der Waals surface area (Å²) in [5.41, 5.74) is 1.63. The summed E-state index contributed by atoms with van der Waals surface area (Å²) in [4.78, 5) is 0. The van der Waals surface area contributed by atoms with Crippen molar-refractivity contribution in [2.75, 3.05) is 13.2 Å². The summed E-state index contributed by atoms with van der Waals surface area (Å²) in [7, 11) is 0. The van der Waals surface area contributed by atoms with E-state index >= 15 is 0 Å². The monoisotopic (exact) mass is 355 g/mol. The van der Waals surface area contributed by atoms with Crippen molar-refractivity contribution in [1.82, 2.24) is 5.32 Å². The Labute approximate surface area is 136 Å². The fourth-order valence-electron chi connectivity index (χ4n) is 2.92. The van der Waals surface area contributed by atoms with Gasteiger partial charge in [-0.1, -0.05) is 35.7 Å². The topological polar surface area (TPSA) is 41.5 Å². The van der Waals surface area contributed by atoms with Gasteiger partial charge in [0.25, 0.3) is 0 Å². The number of aliphatic hydroxyl groups is 1. The summed E-state index contributed by atoms with van der Waals surface area (Å²) >= 11 is 3.55. The van der Waals surface area contributed by atoms with E-state index in [2.05, 4.69) is 47.2 Å². The van der Waals surface area contributed by atoms with Crippen LogP contribution in [-0.4, -0.2) is 23.9 Å². The first-order valence-corrected chi connectivity index (χ1v) is 8.68. The summed E-state index contributed by atoms with van der Waals surface area (Å²) in [5.74, 6) is 0.919. The predicted molar refractivity (Wildman–Crippen MR) is 89.8 cm³/mol. The highest BCUT2D eigenvalue weighted by atomic mass is 79.9. The maximum Gasteiger partial charge on any atom is 0.126 e. The van der Waals surface area contributed by atoms with Crippen LogP contribution in [0.15, 0.2) is 16.6 Å². The highest BCUT2D eigenvalue weighted by Crippen LogP contribution is 2.33. The molecule has 1 aliphatic rings. The molecule has 0 spiro atoms. The molecule has 118 valence electrons. The smallest absolute Gasteiger partial charge is 0.126 e. The van der Waals surface area contributed by atoms with Gasteiger partial charge in [-0.2, -0.15) is 0 Å². The van der Waals surface area contributed by atoms with Gasteiger partial charge in [0.2, 0.25) is 0 Å². The molecule has 2 rings (SSSR count). The van der Waals surface area contributed by atoms with E-state index in [4.69, 9.17) is 4.74 Å². The summed E-state index contributed by atoms with van der Waals surface area (Å²) in [6.45, 7) is 6.40. The van der Waals surface area contributed by atoms with Crippen molar-refractivity contribution in [2.24, 2.45) is 0 Å². The van der Waals surface area contributed by atoms with E-state index in [0.717, 1.165) is 66.5 Å². The number of benzene rings is 1. The van der Waals surface area contributed by atoms with Gasteiger partial charge in [0, 0.05) is 16.6 Å². The predicted octanol–water partition coefficient (Wildman–Crippen LogP) is 3.94. The van der Waals surface area contributed by atoms with E-state index in [9.17, 15) is 5.11 Å². The van der Waals surface area contributed by atoms with Gasteiger partial charge in [-0.15, -0.1) is 0 Å². The number of rotatable bonds is 7. The molecule has 4 heteroatoms. The minimum atomic E-state index is -0.631. The number of halogens is 1. The molecule has 1 saturated carbocycles. The van der Waals surface area contributed by atoms with Crippen molar-refractivity contribution in [1.29, 1.82) is 0 Å². The highest BCUT2D eigenvalue weighted by Gasteiger charge is 2.32. The first-order valence-electron chi connectivity index (χ1n) is 7.89. The molecule has 0 unspecified atom stereocenters. The Morgan fingerprint density at radius 2 is 2.05 bits per heavy atom. The molecule has 0 aliphatic heterocycles. The first-order chi connectivity index (χ1) is 10.0. The van der Waals surface area contributed by atoms with Crippen molar-refractivity contribution >= 4 is 15.9 Å². The molecule has 0 heterocycles. The van der Waals surface area contributed by atoms with Crippen LogP contribution in [0.4, 0.5) is 0 Å². The van der Waals surface area contributed by atoms with E-state index in [1.807, 2.05) is 0 Å². The van der Waals surface area contributed by atoms with Gasteiger partial charge in [0.15, 0.2) is 0 Å². The van der Waals surface area contributed by atoms with E-state index in [-0.39, 0.29) is 0 Å². The molecule has 0 amide bonds. The Balaban J connectivity index is 2.08. The van der Waals surface area contributed by atoms with Gasteiger partial charge in [-0.3, -0.25) is 0 Å². The minimum absolute atomic E-state index is 0.399. The Kier molecular flexibility index (Phi) is 6.08. The van der Waals surface area contributed by atoms with Crippen molar-refractivity contribution < 1.29 is 9.84 Å². The summed E-state index contributed by atoms with van der Waals surface area (Å²) < 4.78 is 7.10. The van der Waals surface area contributed by atoms with Gasteiger partial charge in [-0.25, -0.2) is 0 Å². The van der Waals surface area contributed by atoms with Gasteiger partial charge >= 0.3 is 0 Å². The maximum absolute atomic E-state index is 10.5. The lowest BCUT2D eigenvalue weighted by Gasteiger charge is -2.24. The summed E-state index contributed by atoms with van der Waals surface area (Å²) in [6.07, 6.45) is 5.02. The third-order valence-corrected chi connectivity index (χ3v) is 4.54. The molecule has 1 aromatic rings. The standard InChI is InChI=1S/C17H26BrNO2/c1-3-8-19-11-14-10-15(18)9-13(2)16(14)21-12-17(20)6-4-5-7-17/h9-10,19-20H,3-8,11-12H2,1-2H3. The second-order valence-corrected chi connectivity index (χ2v) is 7.02. The van der Waals surface area contributed by atoms with Crippen LogP contribution >= 0.6 is 15.9 Å². The lowest BCUT2D eigenvalue weighted by molar-refractivity contribution is 0.000918. The van der Waals surface area contributed by atoms with Crippen molar-refractivity contribution in [3.63, 3.8) is 0 Å². The molecular weight excluding hydrogens is 330 g/mol. The first kappa shape index (κ1) is 16.8. The molecule has 0 aromatic heterocycles. The third-order valence-electron chi connectivity index (χ3n) is 4.08. The highest BCUT2D eigenvalue weighted by molar-refractivity contribution is 9.10. The zero-order valence-electron chi connectivity index (χ0n) is 13.0. The van der Waals surface area contributed by atoms with Crippen molar-refractivity contribution in [2.45, 2.75) is 58.1 Å². The lowest BCUT2D eigenvalue weighted by atomic mass is 10.0. The maximum atomic E-state index is 10.5. The molecule has 3 nitrogen and oxygen atoms in total. The summed E-state index contributed by atoms with van der Waals surface area (Å²) in [6, 6.07) is 4.17. The van der Waals surface area contributed by atoms with Crippen LogP contribution < -0.4 is 10.1 Å². The largest absolute Gasteiger partial charge is 0.490 e. The van der Waals surface area contributed by atoms with Crippen LogP contribution in [-0.2, 0) is 6.54 Å². The number of hydrogen-bond donors (Lipinski definition) is 2. The van der Waals surface area contributed by atoms with Crippen LogP contribution in [0, 0.1) is 6.92 Å². The fourth-order valence-corrected chi connectivity index (χ4v) is 3.54. The quantitative estimate of drug-likeness (QED) is 0.727. The minimum Gasteiger partial charge on any atom is -0.490 e. The zero-order valence-corrected chi connectivity index (χ0v) is 14.6. The molecular formula is C17H26BrNO2. The normalized spacial score (nSPS) is 17.1. The van der Waals surface area contributed by atoms with Gasteiger partial charge in [0.05, 0.1) is 5.60 Å². The average Bonchev–Trinajstić information content (AvgIpc) is 2.85. The van der Waals surface area contributed by atoms with Crippen LogP contribution in [0.25, 0.3) is 0 Å². The molecule has 0 saturated heterocycles. The van der Waals surface area contributed by atoms with Crippen LogP contribution in [0.5, 0.6) is 5.75 Å². The van der Waals surface area contributed by atoms with Crippen molar-refractivity contribution in [3.8, 4) is 5.75 Å². The van der Waals surface area contributed by atoms with E-state index in [0.29, 0.717) is 6.61 Å². The second-order valence-electron chi connectivity index (χ2n) is 6.11.